The van der Waals surface area contributed by atoms with Crippen LogP contribution in [0, 0.1) is 10.7 Å². The molecule has 0 saturated carbocycles. The van der Waals surface area contributed by atoms with Gasteiger partial charge in [-0.2, -0.15) is 5.26 Å². The van der Waals surface area contributed by atoms with E-state index in [4.69, 9.17) is 5.26 Å². The standard InChI is InChI=1S/CHNS.BF4.K.H/c2-1-3;2-1(3,4)5;;/h3H;;;/q;-1;+1;-1. The summed E-state index contributed by atoms with van der Waals surface area (Å²) in [5.74, 6) is 0. The molecule has 0 fully saturated rings. The largest absolute Gasteiger partial charge is 1.00 e. The molecule has 0 saturated heterocycles. The van der Waals surface area contributed by atoms with Crippen molar-refractivity contribution in [2.45, 2.75) is 0 Å². The number of nitrogens with zero attached hydrogens (tertiary/aromatic N) is 1. The van der Waals surface area contributed by atoms with Crippen LogP contribution in [0.5, 0.6) is 0 Å². The first-order chi connectivity index (χ1) is 3.41. The van der Waals surface area contributed by atoms with Gasteiger partial charge in [0, 0.05) is 0 Å². The monoisotopic (exact) mass is 186 g/mol. The van der Waals surface area contributed by atoms with E-state index in [2.05, 4.69) is 12.6 Å². The molecule has 0 unspecified atom stereocenters. The van der Waals surface area contributed by atoms with Gasteiger partial charge < -0.3 is 18.7 Å². The molecule has 9 heavy (non-hydrogen) atoms. The van der Waals surface area contributed by atoms with Gasteiger partial charge in [0.05, 0.1) is 0 Å². The molecule has 0 N–H and O–H groups in total. The molecular weight excluding hydrogens is 184 g/mol. The number of halogens is 4. The van der Waals surface area contributed by atoms with E-state index in [0.717, 1.165) is 0 Å². The van der Waals surface area contributed by atoms with E-state index in [9.17, 15) is 17.3 Å². The minimum atomic E-state index is -6.00. The van der Waals surface area contributed by atoms with Crippen molar-refractivity contribution >= 4 is 19.9 Å². The third-order valence-electron chi connectivity index (χ3n) is 0. The molecule has 0 aromatic heterocycles. The summed E-state index contributed by atoms with van der Waals surface area (Å²) >= 11 is 3.09. The quantitative estimate of drug-likeness (QED) is 0.219. The van der Waals surface area contributed by atoms with Crippen LogP contribution in [0.25, 0.3) is 0 Å². The van der Waals surface area contributed by atoms with Crippen molar-refractivity contribution in [1.29, 1.82) is 5.26 Å². The van der Waals surface area contributed by atoms with Gasteiger partial charge in [0.2, 0.25) is 0 Å². The topological polar surface area (TPSA) is 23.8 Å². The molecule has 0 aromatic rings. The maximum Gasteiger partial charge on any atom is 1.00 e. The average Bonchev–Trinajstić information content (AvgIpc) is 1.27. The van der Waals surface area contributed by atoms with E-state index in [0.29, 0.717) is 0 Å². The fraction of sp³-hybridized carbons (Fsp3) is 0. The fourth-order valence-corrected chi connectivity index (χ4v) is 0. The Balaban J connectivity index is -0.0000000326. The summed E-state index contributed by atoms with van der Waals surface area (Å²) in [6, 6.07) is 0. The van der Waals surface area contributed by atoms with E-state index in [1.807, 2.05) is 0 Å². The second-order valence-corrected chi connectivity index (χ2v) is 0.795. The zero-order valence-electron chi connectivity index (χ0n) is 5.48. The first-order valence-corrected chi connectivity index (χ1v) is 1.77. The Bertz CT molecular complexity index is 86.2. The predicted octanol–water partition coefficient (Wildman–Crippen LogP) is -1.19. The van der Waals surface area contributed by atoms with Crippen LogP contribution in [-0.4, -0.2) is 7.25 Å². The first-order valence-electron chi connectivity index (χ1n) is 1.32. The van der Waals surface area contributed by atoms with Crippen LogP contribution in [0.3, 0.4) is 0 Å². The molecular formula is CH2BF4KNS-. The van der Waals surface area contributed by atoms with Crippen LogP contribution in [0.4, 0.5) is 17.3 Å². The Morgan fingerprint density at radius 1 is 1.33 bits per heavy atom. The van der Waals surface area contributed by atoms with E-state index in [-0.39, 0.29) is 52.8 Å². The molecule has 0 radical (unpaired) electrons. The van der Waals surface area contributed by atoms with E-state index in [1.165, 1.54) is 5.40 Å². The number of thiol groups is 1. The Morgan fingerprint density at radius 2 is 1.33 bits per heavy atom. The number of thiocyanates is 1. The zero-order valence-corrected chi connectivity index (χ0v) is 8.50. The Labute approximate surface area is 99.2 Å². The van der Waals surface area contributed by atoms with Crippen LogP contribution in [-0.2, 0) is 0 Å². The van der Waals surface area contributed by atoms with Crippen LogP contribution in [0.1, 0.15) is 1.43 Å². The van der Waals surface area contributed by atoms with Crippen LogP contribution in [0.15, 0.2) is 0 Å². The number of hydrogen-bond acceptors (Lipinski definition) is 2. The van der Waals surface area contributed by atoms with Gasteiger partial charge in [-0.05, 0) is 0 Å². The Kier molecular flexibility index (Phi) is 17.2. The van der Waals surface area contributed by atoms with Gasteiger partial charge in [0.1, 0.15) is 5.40 Å². The van der Waals surface area contributed by atoms with E-state index in [1.54, 1.807) is 0 Å². The molecule has 1 nitrogen and oxygen atoms in total. The number of rotatable bonds is 0. The summed E-state index contributed by atoms with van der Waals surface area (Å²) < 4.78 is 39.0. The van der Waals surface area contributed by atoms with Gasteiger partial charge in [0.25, 0.3) is 0 Å². The van der Waals surface area contributed by atoms with Gasteiger partial charge in [-0.25, -0.2) is 0 Å². The maximum absolute atomic E-state index is 9.75. The van der Waals surface area contributed by atoms with Crippen molar-refractivity contribution in [2.24, 2.45) is 0 Å². The second kappa shape index (κ2) is 9.26. The second-order valence-electron chi connectivity index (χ2n) is 0.595. The third-order valence-corrected chi connectivity index (χ3v) is 0. The van der Waals surface area contributed by atoms with Crippen molar-refractivity contribution in [3.63, 3.8) is 0 Å². The van der Waals surface area contributed by atoms with Crippen molar-refractivity contribution in [1.82, 2.24) is 0 Å². The summed E-state index contributed by atoms with van der Waals surface area (Å²) in [6.07, 6.45) is 0. The first kappa shape index (κ1) is 16.7. The van der Waals surface area contributed by atoms with Crippen molar-refractivity contribution < 1.29 is 70.1 Å². The third kappa shape index (κ3) is 307. The molecule has 0 bridgehead atoms. The smallest absolute Gasteiger partial charge is 1.00 e. The molecule has 0 aliphatic heterocycles. The molecule has 0 heterocycles. The molecule has 0 amide bonds. The number of hydrogen-bond donors (Lipinski definition) is 1. The van der Waals surface area contributed by atoms with Gasteiger partial charge >= 0.3 is 58.6 Å². The van der Waals surface area contributed by atoms with Crippen LogP contribution in [0.2, 0.25) is 0 Å². The predicted molar refractivity (Wildman–Crippen MR) is 25.9 cm³/mol. The van der Waals surface area contributed by atoms with Crippen molar-refractivity contribution in [2.75, 3.05) is 0 Å². The summed E-state index contributed by atoms with van der Waals surface area (Å²) in [5.41, 5.74) is 0. The molecule has 0 aliphatic rings. The molecule has 0 atom stereocenters. The fourth-order valence-electron chi connectivity index (χ4n) is 0. The SMILES string of the molecule is F[B-](F)(F)F.N#CS.[H-].[K+]. The molecule has 8 heteroatoms. The summed E-state index contributed by atoms with van der Waals surface area (Å²) in [5, 5.41) is 8.63. The van der Waals surface area contributed by atoms with Crippen molar-refractivity contribution in [3.8, 4) is 5.40 Å². The molecule has 0 aromatic carbocycles. The van der Waals surface area contributed by atoms with Gasteiger partial charge in [-0.15, -0.1) is 0 Å². The van der Waals surface area contributed by atoms with E-state index >= 15 is 0 Å². The van der Waals surface area contributed by atoms with Gasteiger partial charge in [-0.3, -0.25) is 0 Å². The molecule has 0 rings (SSSR count). The molecule has 0 spiro atoms. The minimum absolute atomic E-state index is 0. The van der Waals surface area contributed by atoms with Gasteiger partial charge in [-0.1, -0.05) is 12.6 Å². The van der Waals surface area contributed by atoms with E-state index < -0.39 is 7.25 Å². The summed E-state index contributed by atoms with van der Waals surface area (Å²) in [6.45, 7) is 0. The molecule has 50 valence electrons. The maximum atomic E-state index is 9.75. The zero-order chi connectivity index (χ0) is 7.21. The average molecular weight is 186 g/mol. The van der Waals surface area contributed by atoms with Crippen LogP contribution >= 0.6 is 12.6 Å². The van der Waals surface area contributed by atoms with Crippen LogP contribution < -0.4 is 51.4 Å². The minimum Gasteiger partial charge on any atom is -1.00 e. The molecule has 0 aliphatic carbocycles. The van der Waals surface area contributed by atoms with Gasteiger partial charge in [0.15, 0.2) is 0 Å². The number of nitriles is 1. The Morgan fingerprint density at radius 3 is 1.33 bits per heavy atom. The summed E-state index contributed by atoms with van der Waals surface area (Å²) in [4.78, 5) is 0. The normalized spacial score (nSPS) is 7.56. The van der Waals surface area contributed by atoms with Crippen molar-refractivity contribution in [3.05, 3.63) is 0 Å². The Hall–Kier alpha value is 1.26. The summed E-state index contributed by atoms with van der Waals surface area (Å²) in [7, 11) is -6.00.